The van der Waals surface area contributed by atoms with Gasteiger partial charge in [-0.3, -0.25) is 0 Å². The first kappa shape index (κ1) is 29.5. The molecule has 10 rings (SSSR count). The van der Waals surface area contributed by atoms with Gasteiger partial charge in [0.25, 0.3) is 0 Å². The van der Waals surface area contributed by atoms with E-state index in [9.17, 15) is 8.42 Å². The lowest BCUT2D eigenvalue weighted by atomic mass is 9.35. The van der Waals surface area contributed by atoms with Crippen LogP contribution in [0.25, 0.3) is 33.4 Å². The molecule has 0 aromatic heterocycles. The summed E-state index contributed by atoms with van der Waals surface area (Å²) < 4.78 is 29.0. The van der Waals surface area contributed by atoms with Crippen LogP contribution in [0.4, 0.5) is 0 Å². The highest BCUT2D eigenvalue weighted by Gasteiger charge is 2.43. The Bertz CT molecular complexity index is 2560. The van der Waals surface area contributed by atoms with Crippen molar-refractivity contribution in [3.8, 4) is 33.4 Å². The van der Waals surface area contributed by atoms with Gasteiger partial charge in [-0.05, 0) is 56.6 Å². The molecule has 7 aromatic carbocycles. The maximum atomic E-state index is 14.5. The summed E-state index contributed by atoms with van der Waals surface area (Å²) in [4.78, 5) is 0.813. The van der Waals surface area contributed by atoms with Crippen molar-refractivity contribution in [3.05, 3.63) is 169 Å². The molecule has 0 unspecified atom stereocenters. The number of sulfone groups is 1. The van der Waals surface area contributed by atoms with Crippen LogP contribution in [0, 0.1) is 0 Å². The van der Waals surface area contributed by atoms with Crippen molar-refractivity contribution in [2.45, 2.75) is 29.1 Å². The first-order valence-corrected chi connectivity index (χ1v) is 18.8. The fraction of sp³-hybridized carbons (Fsp3) is 0.0667. The molecule has 0 N–H and O–H groups in total. The molecule has 50 heavy (non-hydrogen) atoms. The minimum atomic E-state index is -3.75. The van der Waals surface area contributed by atoms with Crippen LogP contribution >= 0.6 is 0 Å². The summed E-state index contributed by atoms with van der Waals surface area (Å²) in [6.45, 7) is 4.35. The Morgan fingerprint density at radius 3 is 1.06 bits per heavy atom. The van der Waals surface area contributed by atoms with E-state index in [2.05, 4.69) is 147 Å². The highest BCUT2D eigenvalue weighted by atomic mass is 32.2. The molecule has 3 aliphatic heterocycles. The zero-order valence-corrected chi connectivity index (χ0v) is 28.7. The first-order valence-electron chi connectivity index (χ1n) is 17.3. The van der Waals surface area contributed by atoms with E-state index in [0.717, 1.165) is 22.1 Å². The van der Waals surface area contributed by atoms with Crippen molar-refractivity contribution in [2.24, 2.45) is 0 Å². The van der Waals surface area contributed by atoms with Crippen molar-refractivity contribution in [2.75, 3.05) is 0 Å². The van der Waals surface area contributed by atoms with Gasteiger partial charge in [-0.2, -0.15) is 0 Å². The maximum absolute atomic E-state index is 14.5. The molecule has 0 radical (unpaired) electrons. The fourth-order valence-electron chi connectivity index (χ4n) is 9.15. The van der Waals surface area contributed by atoms with Crippen LogP contribution in [0.3, 0.4) is 0 Å². The van der Waals surface area contributed by atoms with Crippen molar-refractivity contribution >= 4 is 56.0 Å². The third kappa shape index (κ3) is 4.01. The number of fused-ring (bicyclic) bond motifs is 10. The summed E-state index contributed by atoms with van der Waals surface area (Å²) in [5.74, 6) is 0. The Labute approximate surface area is 294 Å². The van der Waals surface area contributed by atoms with Gasteiger partial charge in [0.1, 0.15) is 0 Å². The topological polar surface area (TPSA) is 34.1 Å². The van der Waals surface area contributed by atoms with Gasteiger partial charge in [0.15, 0.2) is 0 Å². The third-order valence-electron chi connectivity index (χ3n) is 11.5. The summed E-state index contributed by atoms with van der Waals surface area (Å²) in [6, 6.07) is 55.4. The van der Waals surface area contributed by atoms with Gasteiger partial charge in [0.2, 0.25) is 23.3 Å². The predicted molar refractivity (Wildman–Crippen MR) is 209 cm³/mol. The molecule has 0 atom stereocenters. The average Bonchev–Trinajstić information content (AvgIpc) is 3.42. The van der Waals surface area contributed by atoms with E-state index in [4.69, 9.17) is 0 Å². The molecular weight excluding hydrogens is 626 g/mol. The Morgan fingerprint density at radius 2 is 0.700 bits per heavy atom. The van der Waals surface area contributed by atoms with Gasteiger partial charge >= 0.3 is 0 Å². The van der Waals surface area contributed by atoms with Crippen molar-refractivity contribution in [1.82, 2.24) is 0 Å². The lowest BCUT2D eigenvalue weighted by Crippen LogP contribution is -2.53. The van der Waals surface area contributed by atoms with E-state index < -0.39 is 15.3 Å². The van der Waals surface area contributed by atoms with Crippen LogP contribution in [0.15, 0.2) is 168 Å². The van der Waals surface area contributed by atoms with Gasteiger partial charge in [-0.25, -0.2) is 8.42 Å². The average molecular weight is 658 g/mol. The van der Waals surface area contributed by atoms with Crippen LogP contribution in [0.1, 0.15) is 25.0 Å². The number of hydrogen-bond donors (Lipinski definition) is 0. The fourth-order valence-corrected chi connectivity index (χ4v) is 11.1. The van der Waals surface area contributed by atoms with Gasteiger partial charge in [-0.1, -0.05) is 192 Å². The molecule has 5 heteroatoms. The SMILES string of the molecule is CC1(C)c2cc(B3c4ccccc4-c4ccccc43)ccc2S(=O)(=O)c2ccc(B3c4ccccc4-c4ccccc4-c4ccccc43)cc21. The molecule has 0 bridgehead atoms. The van der Waals surface area contributed by atoms with Crippen molar-refractivity contribution in [3.63, 3.8) is 0 Å². The minimum Gasteiger partial charge on any atom is -0.218 e. The van der Waals surface area contributed by atoms with Crippen LogP contribution in [0.2, 0.25) is 0 Å². The van der Waals surface area contributed by atoms with Crippen LogP contribution in [0.5, 0.6) is 0 Å². The number of rotatable bonds is 2. The van der Waals surface area contributed by atoms with E-state index >= 15 is 0 Å². The predicted octanol–water partition coefficient (Wildman–Crippen LogP) is 5.82. The van der Waals surface area contributed by atoms with Crippen LogP contribution in [-0.4, -0.2) is 21.8 Å². The second kappa shape index (κ2) is 10.6. The quantitative estimate of drug-likeness (QED) is 0.220. The van der Waals surface area contributed by atoms with Crippen LogP contribution < -0.4 is 32.8 Å². The van der Waals surface area contributed by atoms with E-state index in [1.807, 2.05) is 24.3 Å². The summed E-state index contributed by atoms with van der Waals surface area (Å²) in [6.07, 6.45) is 0. The van der Waals surface area contributed by atoms with E-state index in [1.165, 1.54) is 55.2 Å². The second-order valence-corrected chi connectivity index (χ2v) is 16.3. The second-order valence-electron chi connectivity index (χ2n) is 14.4. The van der Waals surface area contributed by atoms with Crippen LogP contribution in [-0.2, 0) is 15.3 Å². The number of benzene rings is 7. The zero-order chi connectivity index (χ0) is 33.8. The van der Waals surface area contributed by atoms with Crippen molar-refractivity contribution < 1.29 is 8.42 Å². The zero-order valence-electron chi connectivity index (χ0n) is 27.9. The minimum absolute atomic E-state index is 0.0413. The van der Waals surface area contributed by atoms with E-state index in [-0.39, 0.29) is 13.4 Å². The molecule has 0 amide bonds. The van der Waals surface area contributed by atoms with Crippen molar-refractivity contribution in [1.29, 1.82) is 0 Å². The molecule has 0 saturated carbocycles. The normalized spacial score (nSPS) is 15.4. The Kier molecular flexibility index (Phi) is 6.24. The van der Waals surface area contributed by atoms with E-state index in [1.54, 1.807) is 0 Å². The molecule has 0 spiro atoms. The monoisotopic (exact) mass is 658 g/mol. The third-order valence-corrected chi connectivity index (χ3v) is 13.4. The molecular formula is C45H32B2O2S. The molecule has 3 aliphatic rings. The molecule has 0 saturated heterocycles. The molecule has 236 valence electrons. The molecule has 0 fully saturated rings. The Balaban J connectivity index is 1.17. The highest BCUT2D eigenvalue weighted by molar-refractivity contribution is 7.91. The molecule has 2 nitrogen and oxygen atoms in total. The summed E-state index contributed by atoms with van der Waals surface area (Å²) in [7, 11) is -3.75. The summed E-state index contributed by atoms with van der Waals surface area (Å²) in [5.41, 5.74) is 15.7. The lowest BCUT2D eigenvalue weighted by Gasteiger charge is -2.36. The molecule has 3 heterocycles. The Hall–Kier alpha value is -5.38. The van der Waals surface area contributed by atoms with Gasteiger partial charge in [0.05, 0.1) is 9.79 Å². The maximum Gasteiger partial charge on any atom is 0.242 e. The highest BCUT2D eigenvalue weighted by Crippen LogP contribution is 2.45. The molecule has 0 aliphatic carbocycles. The smallest absolute Gasteiger partial charge is 0.218 e. The Morgan fingerprint density at radius 1 is 0.400 bits per heavy atom. The first-order chi connectivity index (χ1) is 24.3. The summed E-state index contributed by atoms with van der Waals surface area (Å²) in [5, 5.41) is 0. The van der Waals surface area contributed by atoms with Gasteiger partial charge in [-0.15, -0.1) is 0 Å². The largest absolute Gasteiger partial charge is 0.242 e. The summed E-state index contributed by atoms with van der Waals surface area (Å²) >= 11 is 0. The van der Waals surface area contributed by atoms with Gasteiger partial charge < -0.3 is 0 Å². The van der Waals surface area contributed by atoms with E-state index in [0.29, 0.717) is 9.79 Å². The lowest BCUT2D eigenvalue weighted by molar-refractivity contribution is 0.556. The van der Waals surface area contributed by atoms with Gasteiger partial charge in [0, 0.05) is 5.41 Å². The number of hydrogen-bond acceptors (Lipinski definition) is 2. The standard InChI is InChI=1S/C45H32B2O2S/c1-45(2)37-27-29(46-39-19-9-5-15-33(39)31-13-3-4-14-32(31)34-16-6-10-20-40(34)46)23-25-43(37)50(48,49)44-26-24-30(28-38(44)45)47-41-21-11-7-17-35(41)36-18-8-12-22-42(36)47/h3-28H,1-2H3. The molecule has 7 aromatic rings.